The molecule has 106 valence electrons. The highest BCUT2D eigenvalue weighted by Crippen LogP contribution is 2.25. The maximum Gasteiger partial charge on any atom is 0.150 e. The van der Waals surface area contributed by atoms with Crippen LogP contribution in [0.3, 0.4) is 0 Å². The summed E-state index contributed by atoms with van der Waals surface area (Å²) in [7, 11) is 0. The highest BCUT2D eigenvalue weighted by atomic mass is 79.9. The first-order chi connectivity index (χ1) is 9.17. The summed E-state index contributed by atoms with van der Waals surface area (Å²) >= 11 is 3.31. The van der Waals surface area contributed by atoms with Gasteiger partial charge in [0.1, 0.15) is 24.7 Å². The topological polar surface area (TPSA) is 55.8 Å². The van der Waals surface area contributed by atoms with Crippen LogP contribution in [0.1, 0.15) is 30.1 Å². The second-order valence-corrected chi connectivity index (χ2v) is 5.06. The first-order valence-corrected chi connectivity index (χ1v) is 7.10. The number of hydrogen-bond donors (Lipinski definition) is 1. The van der Waals surface area contributed by atoms with Crippen LogP contribution < -0.4 is 4.74 Å². The fourth-order valence-corrected chi connectivity index (χ4v) is 1.92. The first-order valence-electron chi connectivity index (χ1n) is 6.30. The van der Waals surface area contributed by atoms with E-state index in [1.807, 2.05) is 0 Å². The molecule has 0 aromatic heterocycles. The Morgan fingerprint density at radius 2 is 2.21 bits per heavy atom. The molecule has 5 heteroatoms. The van der Waals surface area contributed by atoms with E-state index in [9.17, 15) is 9.90 Å². The van der Waals surface area contributed by atoms with Crippen LogP contribution in [0, 0.1) is 0 Å². The van der Waals surface area contributed by atoms with E-state index in [0.29, 0.717) is 22.4 Å². The van der Waals surface area contributed by atoms with Gasteiger partial charge in [0.25, 0.3) is 0 Å². The fourth-order valence-electron chi connectivity index (χ4n) is 1.41. The molecule has 0 saturated heterocycles. The molecule has 0 spiro atoms. The summed E-state index contributed by atoms with van der Waals surface area (Å²) in [4.78, 5) is 10.6. The van der Waals surface area contributed by atoms with E-state index >= 15 is 0 Å². The summed E-state index contributed by atoms with van der Waals surface area (Å²) in [5, 5.41) is 9.68. The van der Waals surface area contributed by atoms with Gasteiger partial charge in [-0.15, -0.1) is 0 Å². The Balaban J connectivity index is 2.33. The van der Waals surface area contributed by atoms with Crippen molar-refractivity contribution in [3.63, 3.8) is 0 Å². The molecule has 0 radical (unpaired) electrons. The summed E-state index contributed by atoms with van der Waals surface area (Å²) in [5.74, 6) is 0.596. The summed E-state index contributed by atoms with van der Waals surface area (Å²) in [6, 6.07) is 5.03. The summed E-state index contributed by atoms with van der Waals surface area (Å²) in [5.41, 5.74) is 0.572. The van der Waals surface area contributed by atoms with Crippen molar-refractivity contribution in [3.8, 4) is 5.75 Å². The predicted octanol–water partition coefficient (Wildman–Crippen LogP) is 2.82. The van der Waals surface area contributed by atoms with Gasteiger partial charge in [-0.2, -0.15) is 0 Å². The van der Waals surface area contributed by atoms with E-state index in [1.165, 1.54) is 0 Å². The first kappa shape index (κ1) is 16.1. The van der Waals surface area contributed by atoms with E-state index in [-0.39, 0.29) is 13.2 Å². The molecule has 0 amide bonds. The second-order valence-electron chi connectivity index (χ2n) is 4.20. The Bertz CT molecular complexity index is 395. The number of aliphatic hydroxyl groups is 1. The van der Waals surface area contributed by atoms with Gasteiger partial charge in [0.05, 0.1) is 11.1 Å². The number of benzene rings is 1. The summed E-state index contributed by atoms with van der Waals surface area (Å²) in [6.07, 6.45) is 2.18. The van der Waals surface area contributed by atoms with Gasteiger partial charge in [-0.1, -0.05) is 13.3 Å². The Morgan fingerprint density at radius 3 is 2.84 bits per heavy atom. The molecular formula is C14H19BrO4. The van der Waals surface area contributed by atoms with Crippen LogP contribution in [-0.2, 0) is 4.74 Å². The third-order valence-electron chi connectivity index (χ3n) is 2.48. The molecule has 0 aliphatic carbocycles. The molecule has 1 atom stereocenters. The maximum absolute atomic E-state index is 10.6. The highest BCUT2D eigenvalue weighted by Gasteiger charge is 2.08. The number of aliphatic hydroxyl groups excluding tert-OH is 1. The Morgan fingerprint density at radius 1 is 1.42 bits per heavy atom. The quantitative estimate of drug-likeness (QED) is 0.558. The van der Waals surface area contributed by atoms with Gasteiger partial charge in [-0.05, 0) is 40.5 Å². The lowest BCUT2D eigenvalue weighted by molar-refractivity contribution is 0.0112. The van der Waals surface area contributed by atoms with Gasteiger partial charge >= 0.3 is 0 Å². The Kier molecular flexibility index (Phi) is 7.70. The van der Waals surface area contributed by atoms with Crippen molar-refractivity contribution in [2.75, 3.05) is 19.8 Å². The smallest absolute Gasteiger partial charge is 0.150 e. The van der Waals surface area contributed by atoms with E-state index in [1.54, 1.807) is 18.2 Å². The molecule has 1 N–H and O–H groups in total. The minimum absolute atomic E-state index is 0.158. The molecule has 1 unspecified atom stereocenters. The molecular weight excluding hydrogens is 312 g/mol. The highest BCUT2D eigenvalue weighted by molar-refractivity contribution is 9.10. The van der Waals surface area contributed by atoms with Gasteiger partial charge in [0, 0.05) is 12.2 Å². The summed E-state index contributed by atoms with van der Waals surface area (Å²) < 4.78 is 11.5. The molecule has 0 heterocycles. The normalized spacial score (nSPS) is 12.2. The number of carbonyl (C=O) groups excluding carboxylic acids is 1. The number of aldehydes is 1. The largest absolute Gasteiger partial charge is 0.490 e. The van der Waals surface area contributed by atoms with Gasteiger partial charge in [0.2, 0.25) is 0 Å². The number of rotatable bonds is 9. The Labute approximate surface area is 121 Å². The van der Waals surface area contributed by atoms with Crippen molar-refractivity contribution in [2.45, 2.75) is 25.9 Å². The maximum atomic E-state index is 10.6. The van der Waals surface area contributed by atoms with E-state index < -0.39 is 6.10 Å². The van der Waals surface area contributed by atoms with Gasteiger partial charge in [-0.3, -0.25) is 4.79 Å². The van der Waals surface area contributed by atoms with Crippen molar-refractivity contribution < 1.29 is 19.4 Å². The van der Waals surface area contributed by atoms with Crippen LogP contribution >= 0.6 is 15.9 Å². The average Bonchev–Trinajstić information content (AvgIpc) is 2.42. The number of unbranched alkanes of at least 4 members (excludes halogenated alkanes) is 1. The lowest BCUT2D eigenvalue weighted by Gasteiger charge is -2.13. The number of hydrogen-bond acceptors (Lipinski definition) is 4. The SMILES string of the molecule is CCCCOCC(O)COc1ccc(C=O)cc1Br. The molecule has 4 nitrogen and oxygen atoms in total. The molecule has 0 bridgehead atoms. The zero-order valence-electron chi connectivity index (χ0n) is 11.0. The average molecular weight is 331 g/mol. The summed E-state index contributed by atoms with van der Waals surface area (Å²) in [6.45, 7) is 3.17. The molecule has 0 aliphatic heterocycles. The van der Waals surface area contributed by atoms with Crippen molar-refractivity contribution in [1.29, 1.82) is 0 Å². The Hall–Kier alpha value is -0.910. The minimum atomic E-state index is -0.658. The lowest BCUT2D eigenvalue weighted by Crippen LogP contribution is -2.23. The van der Waals surface area contributed by atoms with Crippen molar-refractivity contribution in [2.24, 2.45) is 0 Å². The fraction of sp³-hybridized carbons (Fsp3) is 0.500. The molecule has 0 fully saturated rings. The van der Waals surface area contributed by atoms with Gasteiger partial charge in [0.15, 0.2) is 0 Å². The molecule has 1 rings (SSSR count). The standard InChI is InChI=1S/C14H19BrO4/c1-2-3-6-18-9-12(17)10-19-14-5-4-11(8-16)7-13(14)15/h4-5,7-8,12,17H,2-3,6,9-10H2,1H3. The molecule has 1 aromatic rings. The molecule has 0 saturated carbocycles. The zero-order chi connectivity index (χ0) is 14.1. The monoisotopic (exact) mass is 330 g/mol. The lowest BCUT2D eigenvalue weighted by atomic mass is 10.2. The van der Waals surface area contributed by atoms with Crippen molar-refractivity contribution in [3.05, 3.63) is 28.2 Å². The predicted molar refractivity (Wildman–Crippen MR) is 76.8 cm³/mol. The van der Waals surface area contributed by atoms with Crippen LogP contribution in [0.5, 0.6) is 5.75 Å². The second kappa shape index (κ2) is 9.07. The van der Waals surface area contributed by atoms with Crippen LogP contribution in [-0.4, -0.2) is 37.3 Å². The van der Waals surface area contributed by atoms with Gasteiger partial charge in [-0.25, -0.2) is 0 Å². The van der Waals surface area contributed by atoms with Crippen molar-refractivity contribution in [1.82, 2.24) is 0 Å². The minimum Gasteiger partial charge on any atom is -0.490 e. The number of carbonyl (C=O) groups is 1. The number of halogens is 1. The molecule has 1 aromatic carbocycles. The van der Waals surface area contributed by atoms with Crippen LogP contribution in [0.2, 0.25) is 0 Å². The van der Waals surface area contributed by atoms with E-state index in [0.717, 1.165) is 19.1 Å². The van der Waals surface area contributed by atoms with Crippen LogP contribution in [0.25, 0.3) is 0 Å². The van der Waals surface area contributed by atoms with Gasteiger partial charge < -0.3 is 14.6 Å². The van der Waals surface area contributed by atoms with E-state index in [2.05, 4.69) is 22.9 Å². The van der Waals surface area contributed by atoms with Crippen molar-refractivity contribution >= 4 is 22.2 Å². The van der Waals surface area contributed by atoms with Crippen LogP contribution in [0.4, 0.5) is 0 Å². The molecule has 0 aliphatic rings. The molecule has 19 heavy (non-hydrogen) atoms. The number of ether oxygens (including phenoxy) is 2. The van der Waals surface area contributed by atoms with E-state index in [4.69, 9.17) is 9.47 Å². The van der Waals surface area contributed by atoms with Crippen LogP contribution in [0.15, 0.2) is 22.7 Å². The third kappa shape index (κ3) is 6.18. The zero-order valence-corrected chi connectivity index (χ0v) is 12.6. The third-order valence-corrected chi connectivity index (χ3v) is 3.10.